The van der Waals surface area contributed by atoms with Crippen LogP contribution in [-0.2, 0) is 4.79 Å². The fourth-order valence-corrected chi connectivity index (χ4v) is 1.63. The molecular formula is C14H28BaO2. The monoisotopic (exact) mass is 366 g/mol. The van der Waals surface area contributed by atoms with Crippen LogP contribution in [0, 0.1) is 0 Å². The molecule has 0 spiro atoms. The van der Waals surface area contributed by atoms with Crippen LogP contribution >= 0.6 is 0 Å². The van der Waals surface area contributed by atoms with E-state index in [2.05, 4.69) is 19.1 Å². The van der Waals surface area contributed by atoms with Gasteiger partial charge < -0.3 is 5.11 Å². The molecule has 0 aliphatic carbocycles. The molecule has 0 aliphatic heterocycles. The number of aliphatic carboxylic acids is 1. The predicted molar refractivity (Wildman–Crippen MR) is 77.2 cm³/mol. The molecule has 0 aromatic carbocycles. The van der Waals surface area contributed by atoms with E-state index in [4.69, 9.17) is 5.11 Å². The second-order valence-electron chi connectivity index (χ2n) is 4.31. The number of unbranched alkanes of at least 4 members (excludes halogenated alkanes) is 7. The standard InChI is InChI=1S/C14H26O2.Ba.2H/c1-2-3-4-5-6-7-8-9-10-11-12-13-14(15)16;;;/h5-6H,2-4,7-13H2,1H3,(H,15,16);;;/b6-5-;;;. The van der Waals surface area contributed by atoms with Crippen LogP contribution in [0.1, 0.15) is 71.1 Å². The number of carbonyl (C=O) groups is 1. The molecule has 0 fully saturated rings. The minimum absolute atomic E-state index is 0. The molecule has 0 saturated heterocycles. The molecular weight excluding hydrogens is 337 g/mol. The van der Waals surface area contributed by atoms with Crippen molar-refractivity contribution in [3.63, 3.8) is 0 Å². The normalized spacial score (nSPS) is 10.4. The van der Waals surface area contributed by atoms with Crippen LogP contribution in [0.25, 0.3) is 0 Å². The van der Waals surface area contributed by atoms with Crippen molar-refractivity contribution in [3.8, 4) is 0 Å². The summed E-state index contributed by atoms with van der Waals surface area (Å²) in [5.41, 5.74) is 0. The van der Waals surface area contributed by atoms with Gasteiger partial charge in [-0.3, -0.25) is 4.79 Å². The van der Waals surface area contributed by atoms with Gasteiger partial charge in [0.1, 0.15) is 0 Å². The Labute approximate surface area is 146 Å². The van der Waals surface area contributed by atoms with Crippen LogP contribution in [0.2, 0.25) is 0 Å². The summed E-state index contributed by atoms with van der Waals surface area (Å²) in [6, 6.07) is 0. The summed E-state index contributed by atoms with van der Waals surface area (Å²) in [5.74, 6) is -0.668. The Morgan fingerprint density at radius 1 is 0.941 bits per heavy atom. The molecule has 0 bridgehead atoms. The number of carboxylic acids is 1. The molecule has 0 amide bonds. The average molecular weight is 366 g/mol. The molecule has 2 nitrogen and oxygen atoms in total. The van der Waals surface area contributed by atoms with E-state index in [-0.39, 0.29) is 48.9 Å². The Hall–Kier alpha value is 0.781. The van der Waals surface area contributed by atoms with E-state index in [0.29, 0.717) is 6.42 Å². The Kier molecular flexibility index (Phi) is 19.8. The van der Waals surface area contributed by atoms with Crippen molar-refractivity contribution < 1.29 is 9.90 Å². The molecule has 0 unspecified atom stereocenters. The van der Waals surface area contributed by atoms with E-state index in [1.54, 1.807) is 0 Å². The summed E-state index contributed by atoms with van der Waals surface area (Å²) in [6.45, 7) is 2.21. The first-order valence-corrected chi connectivity index (χ1v) is 6.64. The molecule has 0 aliphatic rings. The zero-order valence-electron chi connectivity index (χ0n) is 10.6. The molecule has 98 valence electrons. The first kappa shape index (κ1) is 20.1. The van der Waals surface area contributed by atoms with Gasteiger partial charge in [0.2, 0.25) is 0 Å². The van der Waals surface area contributed by atoms with Gasteiger partial charge in [0.05, 0.1) is 0 Å². The van der Waals surface area contributed by atoms with Crippen molar-refractivity contribution in [2.45, 2.75) is 71.1 Å². The third kappa shape index (κ3) is 19.3. The number of hydrogen-bond acceptors (Lipinski definition) is 1. The topological polar surface area (TPSA) is 37.3 Å². The Bertz CT molecular complexity index is 191. The quantitative estimate of drug-likeness (QED) is 0.345. The molecule has 0 aromatic rings. The van der Waals surface area contributed by atoms with E-state index < -0.39 is 5.97 Å². The molecule has 0 aromatic heterocycles. The summed E-state index contributed by atoms with van der Waals surface area (Å²) < 4.78 is 0. The van der Waals surface area contributed by atoms with Crippen LogP contribution < -0.4 is 0 Å². The first-order valence-electron chi connectivity index (χ1n) is 6.64. The maximum atomic E-state index is 10.3. The van der Waals surface area contributed by atoms with Crippen molar-refractivity contribution in [2.75, 3.05) is 0 Å². The average Bonchev–Trinajstić information content (AvgIpc) is 2.25. The fraction of sp³-hybridized carbons (Fsp3) is 0.786. The van der Waals surface area contributed by atoms with Crippen LogP contribution in [0.15, 0.2) is 12.2 Å². The second kappa shape index (κ2) is 16.8. The van der Waals surface area contributed by atoms with Crippen LogP contribution in [0.4, 0.5) is 0 Å². The van der Waals surface area contributed by atoms with Crippen molar-refractivity contribution in [1.82, 2.24) is 0 Å². The molecule has 0 rings (SSSR count). The number of rotatable bonds is 11. The van der Waals surface area contributed by atoms with Crippen molar-refractivity contribution in [3.05, 3.63) is 12.2 Å². The maximum absolute atomic E-state index is 10.3. The zero-order valence-corrected chi connectivity index (χ0v) is 10.6. The van der Waals surface area contributed by atoms with Crippen molar-refractivity contribution >= 4 is 54.9 Å². The summed E-state index contributed by atoms with van der Waals surface area (Å²) in [4.78, 5) is 10.3. The third-order valence-electron chi connectivity index (χ3n) is 2.65. The van der Waals surface area contributed by atoms with E-state index >= 15 is 0 Å². The summed E-state index contributed by atoms with van der Waals surface area (Å²) >= 11 is 0. The molecule has 0 saturated carbocycles. The Morgan fingerprint density at radius 2 is 1.47 bits per heavy atom. The summed E-state index contributed by atoms with van der Waals surface area (Å²) in [5, 5.41) is 8.45. The first-order chi connectivity index (χ1) is 7.77. The molecule has 1 N–H and O–H groups in total. The fourth-order valence-electron chi connectivity index (χ4n) is 1.63. The predicted octanol–water partition coefficient (Wildman–Crippen LogP) is 3.63. The van der Waals surface area contributed by atoms with Gasteiger partial charge >= 0.3 is 54.9 Å². The second-order valence-corrected chi connectivity index (χ2v) is 4.31. The molecule has 17 heavy (non-hydrogen) atoms. The molecule has 0 radical (unpaired) electrons. The van der Waals surface area contributed by atoms with Gasteiger partial charge in [0, 0.05) is 6.42 Å². The van der Waals surface area contributed by atoms with E-state index in [1.165, 1.54) is 44.9 Å². The van der Waals surface area contributed by atoms with Gasteiger partial charge in [-0.1, -0.05) is 51.2 Å². The molecule has 0 atom stereocenters. The minimum atomic E-state index is -0.668. The van der Waals surface area contributed by atoms with E-state index in [0.717, 1.165) is 12.8 Å². The third-order valence-corrected chi connectivity index (χ3v) is 2.65. The molecule has 3 heteroatoms. The van der Waals surface area contributed by atoms with Gasteiger partial charge in [0.15, 0.2) is 0 Å². The summed E-state index contributed by atoms with van der Waals surface area (Å²) in [7, 11) is 0. The number of allylic oxidation sites excluding steroid dienone is 2. The Morgan fingerprint density at radius 3 is 2.06 bits per heavy atom. The van der Waals surface area contributed by atoms with E-state index in [9.17, 15) is 4.79 Å². The van der Waals surface area contributed by atoms with Gasteiger partial charge in [-0.2, -0.15) is 0 Å². The number of carboxylic acid groups (broad SMARTS) is 1. The van der Waals surface area contributed by atoms with Crippen LogP contribution in [0.5, 0.6) is 0 Å². The van der Waals surface area contributed by atoms with Gasteiger partial charge in [-0.05, 0) is 25.7 Å². The van der Waals surface area contributed by atoms with Gasteiger partial charge in [-0.15, -0.1) is 0 Å². The van der Waals surface area contributed by atoms with E-state index in [1.807, 2.05) is 0 Å². The number of hydrogen-bond donors (Lipinski definition) is 1. The van der Waals surface area contributed by atoms with Crippen LogP contribution in [0.3, 0.4) is 0 Å². The zero-order chi connectivity index (χ0) is 12.1. The van der Waals surface area contributed by atoms with Crippen LogP contribution in [-0.4, -0.2) is 60.0 Å². The molecule has 0 heterocycles. The van der Waals surface area contributed by atoms with Gasteiger partial charge in [-0.25, -0.2) is 0 Å². The Balaban J connectivity index is 0. The van der Waals surface area contributed by atoms with Crippen molar-refractivity contribution in [2.24, 2.45) is 0 Å². The SMILES string of the molecule is CCCC/C=C\CCCCCCCC(=O)O.[BaH2]. The van der Waals surface area contributed by atoms with Crippen molar-refractivity contribution in [1.29, 1.82) is 0 Å². The van der Waals surface area contributed by atoms with Gasteiger partial charge in [0.25, 0.3) is 0 Å². The summed E-state index contributed by atoms with van der Waals surface area (Å²) in [6.07, 6.45) is 15.4.